The SMILES string of the molecule is CCC(SC1=NCCS1)C(=O)Nc1ccc(S(=O)(=O)Nc2nc(C)cc(C)n2)cc1. The van der Waals surface area contributed by atoms with E-state index in [0.717, 1.165) is 16.7 Å². The number of hydrogen-bond donors (Lipinski definition) is 2. The van der Waals surface area contributed by atoms with Gasteiger partial charge < -0.3 is 5.32 Å². The molecule has 2 heterocycles. The number of carbonyl (C=O) groups is 1. The number of nitrogens with zero attached hydrogens (tertiary/aromatic N) is 3. The minimum Gasteiger partial charge on any atom is -0.325 e. The fourth-order valence-corrected chi connectivity index (χ4v) is 5.82. The molecule has 1 unspecified atom stereocenters. The minimum atomic E-state index is -3.84. The zero-order valence-electron chi connectivity index (χ0n) is 16.9. The Hall–Kier alpha value is -2.11. The van der Waals surface area contributed by atoms with Gasteiger partial charge in [-0.15, -0.1) is 0 Å². The standard InChI is InChI=1S/C19H23N5O3S3/c1-4-16(29-19-20-9-10-28-19)17(25)23-14-5-7-15(8-6-14)30(26,27)24-18-21-12(2)11-13(3)22-18/h5-8,11,16H,4,9-10H2,1-3H3,(H,23,25)(H,21,22,24). The Morgan fingerprint density at radius 2 is 1.87 bits per heavy atom. The van der Waals surface area contributed by atoms with Gasteiger partial charge in [-0.3, -0.25) is 9.79 Å². The lowest BCUT2D eigenvalue weighted by molar-refractivity contribution is -0.115. The molecule has 0 bridgehead atoms. The first-order valence-electron chi connectivity index (χ1n) is 9.37. The topological polar surface area (TPSA) is 113 Å². The number of aliphatic imine (C=N–C) groups is 1. The van der Waals surface area contributed by atoms with Crippen LogP contribution in [0.25, 0.3) is 0 Å². The van der Waals surface area contributed by atoms with Gasteiger partial charge in [0, 0.05) is 22.8 Å². The summed E-state index contributed by atoms with van der Waals surface area (Å²) in [5.74, 6) is 0.854. The summed E-state index contributed by atoms with van der Waals surface area (Å²) in [4.78, 5) is 25.2. The second-order valence-corrected chi connectivity index (χ2v) is 10.8. The Bertz CT molecular complexity index is 1040. The van der Waals surface area contributed by atoms with Crippen molar-refractivity contribution in [1.82, 2.24) is 9.97 Å². The molecular weight excluding hydrogens is 442 g/mol. The summed E-state index contributed by atoms with van der Waals surface area (Å²) in [5, 5.41) is 2.60. The Morgan fingerprint density at radius 1 is 1.20 bits per heavy atom. The molecule has 11 heteroatoms. The number of anilines is 2. The van der Waals surface area contributed by atoms with Gasteiger partial charge in [-0.05, 0) is 50.6 Å². The van der Waals surface area contributed by atoms with Gasteiger partial charge in [0.25, 0.3) is 10.0 Å². The van der Waals surface area contributed by atoms with Crippen molar-refractivity contribution in [3.05, 3.63) is 41.7 Å². The molecule has 1 aromatic carbocycles. The van der Waals surface area contributed by atoms with Crippen molar-refractivity contribution in [1.29, 1.82) is 0 Å². The highest BCUT2D eigenvalue weighted by Gasteiger charge is 2.22. The van der Waals surface area contributed by atoms with E-state index in [9.17, 15) is 13.2 Å². The maximum absolute atomic E-state index is 12.6. The van der Waals surface area contributed by atoms with Crippen molar-refractivity contribution < 1.29 is 13.2 Å². The van der Waals surface area contributed by atoms with Gasteiger partial charge in [0.15, 0.2) is 0 Å². The number of nitrogens with one attached hydrogen (secondary N) is 2. The molecule has 0 saturated carbocycles. The first-order valence-corrected chi connectivity index (χ1v) is 12.7. The maximum atomic E-state index is 12.6. The fraction of sp³-hybridized carbons (Fsp3) is 0.368. The van der Waals surface area contributed by atoms with E-state index in [1.165, 1.54) is 23.9 Å². The minimum absolute atomic E-state index is 0.0281. The molecule has 0 aliphatic carbocycles. The Labute approximate surface area is 184 Å². The molecule has 0 fully saturated rings. The van der Waals surface area contributed by atoms with E-state index in [4.69, 9.17) is 0 Å². The smallest absolute Gasteiger partial charge is 0.264 e. The van der Waals surface area contributed by atoms with E-state index in [1.807, 2.05) is 6.92 Å². The molecule has 160 valence electrons. The van der Waals surface area contributed by atoms with Crippen molar-refractivity contribution >= 4 is 55.5 Å². The molecule has 0 saturated heterocycles. The lowest BCUT2D eigenvalue weighted by atomic mass is 10.3. The molecule has 2 N–H and O–H groups in total. The van der Waals surface area contributed by atoms with Crippen LogP contribution >= 0.6 is 23.5 Å². The average molecular weight is 466 g/mol. The highest BCUT2D eigenvalue weighted by Crippen LogP contribution is 2.28. The predicted molar refractivity (Wildman–Crippen MR) is 124 cm³/mol. The van der Waals surface area contributed by atoms with Gasteiger partial charge in [-0.1, -0.05) is 30.4 Å². The van der Waals surface area contributed by atoms with Crippen LogP contribution in [0.15, 0.2) is 40.2 Å². The molecule has 8 nitrogen and oxygen atoms in total. The summed E-state index contributed by atoms with van der Waals surface area (Å²) in [5.41, 5.74) is 1.87. The second-order valence-electron chi connectivity index (χ2n) is 6.60. The molecule has 1 atom stereocenters. The van der Waals surface area contributed by atoms with E-state index < -0.39 is 10.0 Å². The van der Waals surface area contributed by atoms with Crippen LogP contribution in [0.5, 0.6) is 0 Å². The normalized spacial score (nSPS) is 14.8. The number of aromatic nitrogens is 2. The second kappa shape index (κ2) is 9.80. The highest BCUT2D eigenvalue weighted by molar-refractivity contribution is 8.39. The third-order valence-electron chi connectivity index (χ3n) is 4.10. The van der Waals surface area contributed by atoms with Gasteiger partial charge >= 0.3 is 0 Å². The van der Waals surface area contributed by atoms with Crippen LogP contribution < -0.4 is 10.0 Å². The van der Waals surface area contributed by atoms with Crippen LogP contribution in [0.2, 0.25) is 0 Å². The summed E-state index contributed by atoms with van der Waals surface area (Å²) >= 11 is 3.14. The Morgan fingerprint density at radius 3 is 2.43 bits per heavy atom. The van der Waals surface area contributed by atoms with Crippen molar-refractivity contribution in [3.8, 4) is 0 Å². The molecule has 2 aromatic rings. The maximum Gasteiger partial charge on any atom is 0.264 e. The zero-order chi connectivity index (χ0) is 21.7. The van der Waals surface area contributed by atoms with E-state index in [0.29, 0.717) is 23.5 Å². The lowest BCUT2D eigenvalue weighted by Crippen LogP contribution is -2.25. The number of hydrogen-bond acceptors (Lipinski definition) is 8. The number of rotatable bonds is 7. The third kappa shape index (κ3) is 5.96. The largest absolute Gasteiger partial charge is 0.325 e. The van der Waals surface area contributed by atoms with Crippen molar-refractivity contribution in [2.24, 2.45) is 4.99 Å². The first kappa shape index (κ1) is 22.6. The van der Waals surface area contributed by atoms with Crippen molar-refractivity contribution in [2.75, 3.05) is 22.3 Å². The van der Waals surface area contributed by atoms with Gasteiger partial charge in [-0.2, -0.15) is 0 Å². The fourth-order valence-electron chi connectivity index (χ4n) is 2.72. The average Bonchev–Trinajstić information content (AvgIpc) is 3.18. The summed E-state index contributed by atoms with van der Waals surface area (Å²) in [6.45, 7) is 6.28. The summed E-state index contributed by atoms with van der Waals surface area (Å²) in [6, 6.07) is 7.76. The van der Waals surface area contributed by atoms with E-state index in [2.05, 4.69) is 25.0 Å². The van der Waals surface area contributed by atoms with Crippen LogP contribution in [0.4, 0.5) is 11.6 Å². The molecule has 1 amide bonds. The van der Waals surface area contributed by atoms with Crippen molar-refractivity contribution in [2.45, 2.75) is 37.3 Å². The monoisotopic (exact) mass is 465 g/mol. The molecule has 3 rings (SSSR count). The molecule has 1 aromatic heterocycles. The van der Waals surface area contributed by atoms with Gasteiger partial charge in [0.1, 0.15) is 4.38 Å². The van der Waals surface area contributed by atoms with Gasteiger partial charge in [-0.25, -0.2) is 23.1 Å². The summed E-state index contributed by atoms with van der Waals surface area (Å²) < 4.78 is 28.5. The number of amides is 1. The predicted octanol–water partition coefficient (Wildman–Crippen LogP) is 3.45. The van der Waals surface area contributed by atoms with Gasteiger partial charge in [0.05, 0.1) is 16.7 Å². The number of benzene rings is 1. The highest BCUT2D eigenvalue weighted by atomic mass is 32.2. The molecule has 0 spiro atoms. The van der Waals surface area contributed by atoms with Crippen LogP contribution in [0, 0.1) is 13.8 Å². The Kier molecular flexibility index (Phi) is 7.37. The molecule has 1 aliphatic heterocycles. The molecule has 0 radical (unpaired) electrons. The van der Waals surface area contributed by atoms with Crippen LogP contribution in [0.1, 0.15) is 24.7 Å². The van der Waals surface area contributed by atoms with E-state index >= 15 is 0 Å². The summed E-state index contributed by atoms with van der Waals surface area (Å²) in [7, 11) is -3.84. The molecular formula is C19H23N5O3S3. The quantitative estimate of drug-likeness (QED) is 0.644. The number of thioether (sulfide) groups is 2. The zero-order valence-corrected chi connectivity index (χ0v) is 19.3. The van der Waals surface area contributed by atoms with Crippen LogP contribution in [-0.4, -0.2) is 46.2 Å². The number of sulfonamides is 1. The first-order chi connectivity index (χ1) is 14.3. The van der Waals surface area contributed by atoms with Crippen LogP contribution in [-0.2, 0) is 14.8 Å². The number of aryl methyl sites for hydroxylation is 2. The van der Waals surface area contributed by atoms with Crippen molar-refractivity contribution in [3.63, 3.8) is 0 Å². The van der Waals surface area contributed by atoms with Gasteiger partial charge in [0.2, 0.25) is 11.9 Å². The summed E-state index contributed by atoms with van der Waals surface area (Å²) in [6.07, 6.45) is 0.669. The lowest BCUT2D eigenvalue weighted by Gasteiger charge is -2.14. The third-order valence-corrected chi connectivity index (χ3v) is 8.02. The number of carbonyl (C=O) groups excluding carboxylic acids is 1. The molecule has 30 heavy (non-hydrogen) atoms. The van der Waals surface area contributed by atoms with E-state index in [1.54, 1.807) is 43.8 Å². The van der Waals surface area contributed by atoms with E-state index in [-0.39, 0.29) is 22.0 Å². The Balaban J connectivity index is 1.66. The van der Waals surface area contributed by atoms with Crippen LogP contribution in [0.3, 0.4) is 0 Å². The molecule has 1 aliphatic rings.